The fourth-order valence-corrected chi connectivity index (χ4v) is 2.84. The maximum Gasteiger partial charge on any atom is 0.253 e. The van der Waals surface area contributed by atoms with Gasteiger partial charge in [-0.05, 0) is 43.2 Å². The van der Waals surface area contributed by atoms with Crippen molar-refractivity contribution < 1.29 is 4.79 Å². The Hall–Kier alpha value is -2.10. The lowest BCUT2D eigenvalue weighted by Crippen LogP contribution is -2.35. The Bertz CT molecular complexity index is 568. The molecule has 3 rings (SSSR count). The summed E-state index contributed by atoms with van der Waals surface area (Å²) in [7, 11) is 1.92. The Morgan fingerprint density at radius 2 is 1.95 bits per heavy atom. The zero-order chi connectivity index (χ0) is 13.9. The van der Waals surface area contributed by atoms with Crippen LogP contribution >= 0.6 is 0 Å². The number of carbonyl (C=O) groups excluding carboxylic acids is 1. The highest BCUT2D eigenvalue weighted by Crippen LogP contribution is 2.23. The Labute approximate surface area is 119 Å². The van der Waals surface area contributed by atoms with Crippen LogP contribution in [0.25, 0.3) is 5.69 Å². The summed E-state index contributed by atoms with van der Waals surface area (Å²) < 4.78 is 1.79. The van der Waals surface area contributed by atoms with Crippen LogP contribution in [0.4, 0.5) is 0 Å². The van der Waals surface area contributed by atoms with E-state index in [0.717, 1.165) is 24.1 Å². The second-order valence-corrected chi connectivity index (χ2v) is 5.35. The topological polar surface area (TPSA) is 38.1 Å². The molecule has 0 radical (unpaired) electrons. The Kier molecular flexibility index (Phi) is 3.54. The molecule has 104 valence electrons. The highest BCUT2D eigenvalue weighted by atomic mass is 16.2. The Balaban J connectivity index is 1.75. The van der Waals surface area contributed by atoms with Crippen molar-refractivity contribution in [3.8, 4) is 5.69 Å². The Morgan fingerprint density at radius 3 is 2.55 bits per heavy atom. The van der Waals surface area contributed by atoms with Gasteiger partial charge in [-0.1, -0.05) is 12.8 Å². The Morgan fingerprint density at radius 1 is 1.25 bits per heavy atom. The van der Waals surface area contributed by atoms with Crippen LogP contribution in [0.3, 0.4) is 0 Å². The molecule has 1 aliphatic carbocycles. The fourth-order valence-electron chi connectivity index (χ4n) is 2.84. The number of hydrogen-bond donors (Lipinski definition) is 0. The summed E-state index contributed by atoms with van der Waals surface area (Å²) in [5.74, 6) is 0.115. The van der Waals surface area contributed by atoms with E-state index in [2.05, 4.69) is 5.10 Å². The molecule has 0 spiro atoms. The molecule has 0 bridgehead atoms. The van der Waals surface area contributed by atoms with E-state index in [-0.39, 0.29) is 5.91 Å². The molecule has 20 heavy (non-hydrogen) atoms. The van der Waals surface area contributed by atoms with Gasteiger partial charge in [0.1, 0.15) is 0 Å². The van der Waals surface area contributed by atoms with Crippen molar-refractivity contribution >= 4 is 5.91 Å². The van der Waals surface area contributed by atoms with Gasteiger partial charge in [-0.2, -0.15) is 5.10 Å². The second kappa shape index (κ2) is 5.49. The number of amides is 1. The first-order valence-corrected chi connectivity index (χ1v) is 7.13. The normalized spacial score (nSPS) is 15.4. The number of benzene rings is 1. The summed E-state index contributed by atoms with van der Waals surface area (Å²) in [6, 6.07) is 9.92. The molecule has 1 heterocycles. The summed E-state index contributed by atoms with van der Waals surface area (Å²) in [6.45, 7) is 0. The molecule has 1 aliphatic rings. The fraction of sp³-hybridized carbons (Fsp3) is 0.375. The third kappa shape index (κ3) is 2.46. The third-order valence-corrected chi connectivity index (χ3v) is 4.08. The van der Waals surface area contributed by atoms with Crippen LogP contribution in [0, 0.1) is 0 Å². The summed E-state index contributed by atoms with van der Waals surface area (Å²) in [5, 5.41) is 4.18. The lowest BCUT2D eigenvalue weighted by molar-refractivity contribution is 0.0735. The SMILES string of the molecule is CN(C(=O)c1ccc(-n2cccn2)cc1)C1CCCC1. The minimum absolute atomic E-state index is 0.115. The first-order chi connectivity index (χ1) is 9.75. The van der Waals surface area contributed by atoms with E-state index >= 15 is 0 Å². The molecular weight excluding hydrogens is 250 g/mol. The molecule has 4 heteroatoms. The van der Waals surface area contributed by atoms with E-state index < -0.39 is 0 Å². The van der Waals surface area contributed by atoms with Crippen molar-refractivity contribution in [3.63, 3.8) is 0 Å². The van der Waals surface area contributed by atoms with Gasteiger partial charge in [-0.3, -0.25) is 4.79 Å². The van der Waals surface area contributed by atoms with E-state index in [9.17, 15) is 4.79 Å². The van der Waals surface area contributed by atoms with Gasteiger partial charge in [-0.25, -0.2) is 4.68 Å². The highest BCUT2D eigenvalue weighted by Gasteiger charge is 2.24. The molecule has 0 aliphatic heterocycles. The lowest BCUT2D eigenvalue weighted by atomic mass is 10.1. The van der Waals surface area contributed by atoms with Gasteiger partial charge in [-0.15, -0.1) is 0 Å². The van der Waals surface area contributed by atoms with E-state index in [1.165, 1.54) is 12.8 Å². The smallest absolute Gasteiger partial charge is 0.253 e. The van der Waals surface area contributed by atoms with Gasteiger partial charge in [0.2, 0.25) is 0 Å². The van der Waals surface area contributed by atoms with Crippen molar-refractivity contribution in [2.24, 2.45) is 0 Å². The van der Waals surface area contributed by atoms with Crippen LogP contribution in [0.5, 0.6) is 0 Å². The van der Waals surface area contributed by atoms with Gasteiger partial charge in [0.25, 0.3) is 5.91 Å². The summed E-state index contributed by atoms with van der Waals surface area (Å²) in [4.78, 5) is 14.3. The van der Waals surface area contributed by atoms with Crippen LogP contribution in [0.15, 0.2) is 42.7 Å². The van der Waals surface area contributed by atoms with Crippen molar-refractivity contribution in [1.29, 1.82) is 0 Å². The zero-order valence-corrected chi connectivity index (χ0v) is 11.7. The van der Waals surface area contributed by atoms with Crippen molar-refractivity contribution in [2.75, 3.05) is 7.05 Å². The van der Waals surface area contributed by atoms with Crippen molar-refractivity contribution in [2.45, 2.75) is 31.7 Å². The van der Waals surface area contributed by atoms with Crippen molar-refractivity contribution in [3.05, 3.63) is 48.3 Å². The average Bonchev–Trinajstić information content (AvgIpc) is 3.18. The van der Waals surface area contributed by atoms with Crippen LogP contribution in [0.1, 0.15) is 36.0 Å². The summed E-state index contributed by atoms with van der Waals surface area (Å²) in [6.07, 6.45) is 8.37. The second-order valence-electron chi connectivity index (χ2n) is 5.35. The van der Waals surface area contributed by atoms with E-state index in [4.69, 9.17) is 0 Å². The van der Waals surface area contributed by atoms with Crippen LogP contribution < -0.4 is 0 Å². The molecule has 1 aromatic carbocycles. The van der Waals surface area contributed by atoms with Gasteiger partial charge in [0, 0.05) is 31.0 Å². The highest BCUT2D eigenvalue weighted by molar-refractivity contribution is 5.94. The lowest BCUT2D eigenvalue weighted by Gasteiger charge is -2.24. The van der Waals surface area contributed by atoms with Crippen LogP contribution in [-0.2, 0) is 0 Å². The molecule has 0 atom stereocenters. The average molecular weight is 269 g/mol. The molecule has 1 aromatic heterocycles. The number of rotatable bonds is 3. The monoisotopic (exact) mass is 269 g/mol. The predicted molar refractivity (Wildman–Crippen MR) is 77.9 cm³/mol. The first kappa shape index (κ1) is 12.9. The van der Waals surface area contributed by atoms with Gasteiger partial charge in [0.15, 0.2) is 0 Å². The molecule has 1 amide bonds. The third-order valence-electron chi connectivity index (χ3n) is 4.08. The molecule has 4 nitrogen and oxygen atoms in total. The van der Waals surface area contributed by atoms with E-state index in [0.29, 0.717) is 6.04 Å². The quantitative estimate of drug-likeness (QED) is 0.859. The maximum atomic E-state index is 12.4. The number of nitrogens with zero attached hydrogens (tertiary/aromatic N) is 3. The van der Waals surface area contributed by atoms with E-state index in [1.807, 2.05) is 48.5 Å². The van der Waals surface area contributed by atoms with Crippen LogP contribution in [0.2, 0.25) is 0 Å². The number of hydrogen-bond acceptors (Lipinski definition) is 2. The predicted octanol–water partition coefficient (Wildman–Crippen LogP) is 2.89. The standard InChI is InChI=1S/C16H19N3O/c1-18(14-5-2-3-6-14)16(20)13-7-9-15(10-8-13)19-12-4-11-17-19/h4,7-12,14H,2-3,5-6H2,1H3. The number of carbonyl (C=O) groups is 1. The molecule has 0 N–H and O–H groups in total. The first-order valence-electron chi connectivity index (χ1n) is 7.13. The molecule has 1 fully saturated rings. The van der Waals surface area contributed by atoms with E-state index in [1.54, 1.807) is 10.9 Å². The maximum absolute atomic E-state index is 12.4. The van der Waals surface area contributed by atoms with Gasteiger partial charge < -0.3 is 4.90 Å². The molecule has 0 unspecified atom stereocenters. The zero-order valence-electron chi connectivity index (χ0n) is 11.7. The largest absolute Gasteiger partial charge is 0.339 e. The molecular formula is C16H19N3O. The minimum Gasteiger partial charge on any atom is -0.339 e. The summed E-state index contributed by atoms with van der Waals surface area (Å²) >= 11 is 0. The molecule has 0 saturated heterocycles. The summed E-state index contributed by atoms with van der Waals surface area (Å²) in [5.41, 5.74) is 1.71. The molecule has 1 saturated carbocycles. The minimum atomic E-state index is 0.115. The number of aromatic nitrogens is 2. The van der Waals surface area contributed by atoms with Gasteiger partial charge >= 0.3 is 0 Å². The van der Waals surface area contributed by atoms with Crippen LogP contribution in [-0.4, -0.2) is 33.7 Å². The van der Waals surface area contributed by atoms with Crippen molar-refractivity contribution in [1.82, 2.24) is 14.7 Å². The molecule has 2 aromatic rings. The van der Waals surface area contributed by atoms with Gasteiger partial charge in [0.05, 0.1) is 5.69 Å².